The monoisotopic (exact) mass is 282 g/mol. The number of aromatic carboxylic acids is 1. The van der Waals surface area contributed by atoms with Gasteiger partial charge in [0.15, 0.2) is 5.69 Å². The lowest BCUT2D eigenvalue weighted by atomic mass is 10.3. The molecule has 0 aromatic carbocycles. The normalized spacial score (nSPS) is 12.1. The number of aryl methyl sites for hydroxylation is 1. The molecule has 0 aliphatic carbocycles. The van der Waals surface area contributed by atoms with Crippen LogP contribution < -0.4 is 5.32 Å². The third kappa shape index (κ3) is 2.94. The topological polar surface area (TPSA) is 118 Å². The predicted octanol–water partition coefficient (Wildman–Crippen LogP) is 1.02. The number of rotatable bonds is 4. The zero-order valence-corrected chi connectivity index (χ0v) is 10.9. The molecule has 9 heteroatoms. The molecule has 0 aliphatic rings. The van der Waals surface area contributed by atoms with Crippen LogP contribution in [0.4, 0.5) is 0 Å². The van der Waals surface area contributed by atoms with E-state index in [1.165, 1.54) is 5.38 Å². The first-order valence-electron chi connectivity index (χ1n) is 5.27. The average molecular weight is 282 g/mol. The fourth-order valence-electron chi connectivity index (χ4n) is 1.30. The van der Waals surface area contributed by atoms with Crippen molar-refractivity contribution < 1.29 is 19.2 Å². The van der Waals surface area contributed by atoms with Crippen LogP contribution in [0, 0.1) is 6.92 Å². The van der Waals surface area contributed by atoms with Gasteiger partial charge in [-0.15, -0.1) is 11.3 Å². The molecule has 0 spiro atoms. The zero-order valence-electron chi connectivity index (χ0n) is 10.1. The van der Waals surface area contributed by atoms with Gasteiger partial charge in [0.25, 0.3) is 11.7 Å². The van der Waals surface area contributed by atoms with Gasteiger partial charge in [-0.1, -0.05) is 5.16 Å². The van der Waals surface area contributed by atoms with Crippen molar-refractivity contribution in [2.75, 3.05) is 0 Å². The second-order valence-electron chi connectivity index (χ2n) is 3.71. The molecule has 2 N–H and O–H groups in total. The highest BCUT2D eigenvalue weighted by atomic mass is 32.1. The summed E-state index contributed by atoms with van der Waals surface area (Å²) in [5, 5.41) is 16.8. The SMILES string of the molecule is Cc1nc(C(=O)NC(C)c2nc(C(=O)O)cs2)no1. The maximum absolute atomic E-state index is 11.7. The molecule has 1 atom stereocenters. The minimum atomic E-state index is -1.10. The summed E-state index contributed by atoms with van der Waals surface area (Å²) in [4.78, 5) is 30.1. The number of hydrogen-bond donors (Lipinski definition) is 2. The van der Waals surface area contributed by atoms with E-state index in [1.807, 2.05) is 0 Å². The summed E-state index contributed by atoms with van der Waals surface area (Å²) in [6.07, 6.45) is 0. The summed E-state index contributed by atoms with van der Waals surface area (Å²) in [5.41, 5.74) is -0.0449. The molecule has 0 aliphatic heterocycles. The predicted molar refractivity (Wildman–Crippen MR) is 64.0 cm³/mol. The summed E-state index contributed by atoms with van der Waals surface area (Å²) in [6, 6.07) is -0.440. The Morgan fingerprint density at radius 1 is 1.47 bits per heavy atom. The molecule has 0 bridgehead atoms. The lowest BCUT2D eigenvalue weighted by Gasteiger charge is -2.08. The molecule has 0 saturated heterocycles. The summed E-state index contributed by atoms with van der Waals surface area (Å²) >= 11 is 1.16. The Labute approximate surface area is 111 Å². The van der Waals surface area contributed by atoms with Gasteiger partial charge in [-0.2, -0.15) is 4.98 Å². The van der Waals surface area contributed by atoms with Crippen molar-refractivity contribution in [2.45, 2.75) is 19.9 Å². The molecule has 1 amide bonds. The minimum absolute atomic E-state index is 0.0449. The van der Waals surface area contributed by atoms with Gasteiger partial charge in [0.05, 0.1) is 6.04 Å². The quantitative estimate of drug-likeness (QED) is 0.859. The van der Waals surface area contributed by atoms with E-state index in [4.69, 9.17) is 9.63 Å². The molecule has 19 heavy (non-hydrogen) atoms. The number of nitrogens with one attached hydrogen (secondary N) is 1. The van der Waals surface area contributed by atoms with E-state index >= 15 is 0 Å². The van der Waals surface area contributed by atoms with Crippen molar-refractivity contribution in [3.8, 4) is 0 Å². The Kier molecular flexibility index (Phi) is 3.56. The van der Waals surface area contributed by atoms with Gasteiger partial charge in [-0.25, -0.2) is 9.78 Å². The third-order valence-corrected chi connectivity index (χ3v) is 3.22. The van der Waals surface area contributed by atoms with Crippen LogP contribution in [0.25, 0.3) is 0 Å². The maximum Gasteiger partial charge on any atom is 0.355 e. The van der Waals surface area contributed by atoms with E-state index in [0.717, 1.165) is 11.3 Å². The van der Waals surface area contributed by atoms with Crippen LogP contribution >= 0.6 is 11.3 Å². The molecular weight excluding hydrogens is 272 g/mol. The van der Waals surface area contributed by atoms with Gasteiger partial charge in [-0.3, -0.25) is 4.79 Å². The van der Waals surface area contributed by atoms with E-state index in [-0.39, 0.29) is 11.5 Å². The molecule has 2 aromatic heterocycles. The number of aromatic nitrogens is 3. The first-order valence-corrected chi connectivity index (χ1v) is 6.15. The Morgan fingerprint density at radius 3 is 2.74 bits per heavy atom. The van der Waals surface area contributed by atoms with Gasteiger partial charge >= 0.3 is 5.97 Å². The van der Waals surface area contributed by atoms with E-state index in [1.54, 1.807) is 13.8 Å². The second kappa shape index (κ2) is 5.14. The molecule has 0 saturated carbocycles. The summed E-state index contributed by atoms with van der Waals surface area (Å²) < 4.78 is 4.70. The fraction of sp³-hybridized carbons (Fsp3) is 0.300. The second-order valence-corrected chi connectivity index (χ2v) is 4.60. The third-order valence-electron chi connectivity index (χ3n) is 2.19. The number of nitrogens with zero attached hydrogens (tertiary/aromatic N) is 3. The Morgan fingerprint density at radius 2 is 2.21 bits per heavy atom. The number of carbonyl (C=O) groups is 2. The van der Waals surface area contributed by atoms with Crippen LogP contribution in [0.15, 0.2) is 9.90 Å². The molecule has 0 radical (unpaired) electrons. The smallest absolute Gasteiger partial charge is 0.355 e. The molecule has 2 heterocycles. The lowest BCUT2D eigenvalue weighted by molar-refractivity contribution is 0.0691. The van der Waals surface area contributed by atoms with Gasteiger partial charge in [0, 0.05) is 12.3 Å². The van der Waals surface area contributed by atoms with Crippen molar-refractivity contribution >= 4 is 23.2 Å². The molecule has 2 rings (SSSR count). The molecular formula is C10H10N4O4S. The maximum atomic E-state index is 11.7. The van der Waals surface area contributed by atoms with Gasteiger partial charge < -0.3 is 14.9 Å². The van der Waals surface area contributed by atoms with Crippen LogP contribution in [0.1, 0.15) is 45.0 Å². The summed E-state index contributed by atoms with van der Waals surface area (Å²) in [6.45, 7) is 3.27. The highest BCUT2D eigenvalue weighted by molar-refractivity contribution is 7.09. The first-order chi connectivity index (χ1) is 8.97. The standard InChI is InChI=1S/C10H10N4O4S/c1-4(9-13-6(3-19-9)10(16)17)11-8(15)7-12-5(2)18-14-7/h3-4H,1-2H3,(H,11,15)(H,16,17). The highest BCUT2D eigenvalue weighted by Gasteiger charge is 2.19. The van der Waals surface area contributed by atoms with E-state index in [2.05, 4.69) is 20.4 Å². The zero-order chi connectivity index (χ0) is 14.0. The molecule has 2 aromatic rings. The van der Waals surface area contributed by atoms with Crippen molar-refractivity contribution in [2.24, 2.45) is 0 Å². The Hall–Kier alpha value is -2.29. The first kappa shape index (κ1) is 13.1. The number of hydrogen-bond acceptors (Lipinski definition) is 7. The number of carbonyl (C=O) groups excluding carboxylic acids is 1. The number of carboxylic acid groups (broad SMARTS) is 1. The van der Waals surface area contributed by atoms with Crippen LogP contribution in [-0.4, -0.2) is 32.1 Å². The van der Waals surface area contributed by atoms with Crippen molar-refractivity contribution in [3.05, 3.63) is 27.8 Å². The number of amides is 1. The molecule has 100 valence electrons. The minimum Gasteiger partial charge on any atom is -0.476 e. The van der Waals surface area contributed by atoms with E-state index in [0.29, 0.717) is 10.9 Å². The van der Waals surface area contributed by atoms with Crippen LogP contribution in [0.2, 0.25) is 0 Å². The van der Waals surface area contributed by atoms with Crippen molar-refractivity contribution in [1.82, 2.24) is 20.4 Å². The Balaban J connectivity index is 2.05. The number of thiazole rings is 1. The largest absolute Gasteiger partial charge is 0.476 e. The summed E-state index contributed by atoms with van der Waals surface area (Å²) in [7, 11) is 0. The molecule has 0 fully saturated rings. The van der Waals surface area contributed by atoms with Gasteiger partial charge in [0.2, 0.25) is 5.89 Å². The Bertz CT molecular complexity index is 621. The fourth-order valence-corrected chi connectivity index (χ4v) is 2.10. The average Bonchev–Trinajstić information content (AvgIpc) is 2.96. The summed E-state index contributed by atoms with van der Waals surface area (Å²) in [5.74, 6) is -1.38. The highest BCUT2D eigenvalue weighted by Crippen LogP contribution is 2.18. The molecule has 8 nitrogen and oxygen atoms in total. The van der Waals surface area contributed by atoms with Crippen LogP contribution in [-0.2, 0) is 0 Å². The van der Waals surface area contributed by atoms with E-state index < -0.39 is 17.9 Å². The van der Waals surface area contributed by atoms with Crippen molar-refractivity contribution in [3.63, 3.8) is 0 Å². The van der Waals surface area contributed by atoms with E-state index in [9.17, 15) is 9.59 Å². The van der Waals surface area contributed by atoms with Crippen molar-refractivity contribution in [1.29, 1.82) is 0 Å². The van der Waals surface area contributed by atoms with Crippen LogP contribution in [0.3, 0.4) is 0 Å². The lowest BCUT2D eigenvalue weighted by Crippen LogP contribution is -2.27. The van der Waals surface area contributed by atoms with Gasteiger partial charge in [0.1, 0.15) is 5.01 Å². The van der Waals surface area contributed by atoms with Gasteiger partial charge in [-0.05, 0) is 6.92 Å². The molecule has 1 unspecified atom stereocenters. The van der Waals surface area contributed by atoms with Crippen LogP contribution in [0.5, 0.6) is 0 Å². The number of carboxylic acids is 1.